The smallest absolute Gasteiger partial charge is 0.383 e. The molecule has 3 rings (SSSR count). The number of nitrogens with zero attached hydrogens (tertiary/aromatic N) is 2. The minimum Gasteiger partial charge on any atom is -0.383 e. The second-order valence-electron chi connectivity index (χ2n) is 7.99. The molecule has 0 saturated carbocycles. The number of thiophene rings is 1. The van der Waals surface area contributed by atoms with Crippen molar-refractivity contribution in [1.29, 1.82) is 0 Å². The van der Waals surface area contributed by atoms with Gasteiger partial charge in [-0.1, -0.05) is 0 Å². The van der Waals surface area contributed by atoms with Crippen LogP contribution in [0, 0.1) is 5.92 Å². The third-order valence-corrected chi connectivity index (χ3v) is 6.53. The first-order valence-corrected chi connectivity index (χ1v) is 11.3. The number of carbonyl (C=O) groups excluding carboxylic acids is 2. The van der Waals surface area contributed by atoms with Gasteiger partial charge in [0.05, 0.1) is 28.0 Å². The average molecular weight is 473 g/mol. The summed E-state index contributed by atoms with van der Waals surface area (Å²) in [6, 6.07) is 0.982. The van der Waals surface area contributed by atoms with Gasteiger partial charge >= 0.3 is 6.18 Å². The molecule has 0 radical (unpaired) electrons. The predicted molar refractivity (Wildman–Crippen MR) is 117 cm³/mol. The van der Waals surface area contributed by atoms with Crippen LogP contribution in [0.2, 0.25) is 0 Å². The van der Waals surface area contributed by atoms with Gasteiger partial charge in [-0.2, -0.15) is 13.2 Å². The SMILES string of the molecule is CNC(=O)c1csc2c(C(F)(F)F)cc(N3CCC(CC(=O)NC(C)COC)CC3)nc12. The number of halogens is 3. The number of methoxy groups -OCH3 is 1. The Bertz CT molecular complexity index is 971. The Morgan fingerprint density at radius 1 is 1.34 bits per heavy atom. The van der Waals surface area contributed by atoms with Crippen molar-refractivity contribution in [2.24, 2.45) is 5.92 Å². The number of aromatic nitrogens is 1. The van der Waals surface area contributed by atoms with E-state index >= 15 is 0 Å². The van der Waals surface area contributed by atoms with E-state index in [1.807, 2.05) is 6.92 Å². The van der Waals surface area contributed by atoms with Crippen LogP contribution in [-0.4, -0.2) is 56.7 Å². The average Bonchev–Trinajstić information content (AvgIpc) is 3.16. The molecule has 0 bridgehead atoms. The first kappa shape index (κ1) is 24.2. The van der Waals surface area contributed by atoms with Gasteiger partial charge in [-0.05, 0) is 31.7 Å². The number of piperidine rings is 1. The van der Waals surface area contributed by atoms with Crippen LogP contribution in [0.15, 0.2) is 11.4 Å². The summed E-state index contributed by atoms with van der Waals surface area (Å²) in [5.41, 5.74) is -0.587. The molecule has 176 valence electrons. The molecule has 1 aliphatic rings. The molecule has 1 fully saturated rings. The molecule has 1 atom stereocenters. The van der Waals surface area contributed by atoms with E-state index < -0.39 is 17.6 Å². The lowest BCUT2D eigenvalue weighted by Gasteiger charge is -2.33. The molecule has 2 amide bonds. The molecule has 11 heteroatoms. The number of hydrogen-bond acceptors (Lipinski definition) is 6. The topological polar surface area (TPSA) is 83.6 Å². The lowest BCUT2D eigenvalue weighted by atomic mass is 9.93. The predicted octanol–water partition coefficient (Wildman–Crippen LogP) is 3.43. The van der Waals surface area contributed by atoms with Gasteiger partial charge < -0.3 is 20.3 Å². The highest BCUT2D eigenvalue weighted by molar-refractivity contribution is 7.17. The third-order valence-electron chi connectivity index (χ3n) is 5.52. The van der Waals surface area contributed by atoms with Crippen LogP contribution >= 0.6 is 11.3 Å². The van der Waals surface area contributed by atoms with Crippen LogP contribution in [0.25, 0.3) is 10.2 Å². The van der Waals surface area contributed by atoms with Crippen LogP contribution in [0.1, 0.15) is 42.1 Å². The number of amides is 2. The van der Waals surface area contributed by atoms with Gasteiger partial charge in [0.2, 0.25) is 5.91 Å². The largest absolute Gasteiger partial charge is 0.417 e. The number of fused-ring (bicyclic) bond motifs is 1. The van der Waals surface area contributed by atoms with Crippen molar-refractivity contribution in [3.63, 3.8) is 0 Å². The Kier molecular flexibility index (Phi) is 7.60. The van der Waals surface area contributed by atoms with Gasteiger partial charge in [0.1, 0.15) is 5.82 Å². The Morgan fingerprint density at radius 3 is 2.62 bits per heavy atom. The summed E-state index contributed by atoms with van der Waals surface area (Å²) in [4.78, 5) is 30.5. The number of nitrogens with one attached hydrogen (secondary N) is 2. The standard InChI is InChI=1S/C21H27F3N4O3S/c1-12(10-31-3)26-17(29)8-13-4-6-28(7-5-13)16-9-15(21(22,23)24)19-18(27-16)14(11-32-19)20(30)25-2/h9,11-13H,4-8,10H2,1-3H3,(H,25,30)(H,26,29). The van der Waals surface area contributed by atoms with Crippen LogP contribution in [0.5, 0.6) is 0 Å². The lowest BCUT2D eigenvalue weighted by molar-refractivity contribution is -0.136. The minimum atomic E-state index is -4.56. The van der Waals surface area contributed by atoms with Crippen LogP contribution in [0.4, 0.5) is 19.0 Å². The number of alkyl halides is 3. The monoisotopic (exact) mass is 472 g/mol. The van der Waals surface area contributed by atoms with Gasteiger partial charge in [-0.15, -0.1) is 11.3 Å². The van der Waals surface area contributed by atoms with Crippen molar-refractivity contribution in [3.8, 4) is 0 Å². The molecule has 0 aliphatic carbocycles. The van der Waals surface area contributed by atoms with Crippen molar-refractivity contribution in [3.05, 3.63) is 22.6 Å². The van der Waals surface area contributed by atoms with Crippen molar-refractivity contribution in [2.45, 2.75) is 38.4 Å². The van der Waals surface area contributed by atoms with Crippen LogP contribution < -0.4 is 15.5 Å². The van der Waals surface area contributed by atoms with Crippen molar-refractivity contribution in [2.75, 3.05) is 38.8 Å². The Labute approximate surface area is 188 Å². The Balaban J connectivity index is 1.76. The summed E-state index contributed by atoms with van der Waals surface area (Å²) in [7, 11) is 3.00. The van der Waals surface area contributed by atoms with E-state index in [9.17, 15) is 22.8 Å². The van der Waals surface area contributed by atoms with Crippen LogP contribution in [0.3, 0.4) is 0 Å². The second kappa shape index (κ2) is 10.0. The minimum absolute atomic E-state index is 0.0448. The van der Waals surface area contributed by atoms with Gasteiger partial charge in [-0.3, -0.25) is 9.59 Å². The molecular weight excluding hydrogens is 445 g/mol. The summed E-state index contributed by atoms with van der Waals surface area (Å²) < 4.78 is 46.2. The fraction of sp³-hybridized carbons (Fsp3) is 0.571. The molecule has 2 aromatic rings. The van der Waals surface area contributed by atoms with Crippen LogP contribution in [-0.2, 0) is 15.7 Å². The van der Waals surface area contributed by atoms with Crippen molar-refractivity contribution < 1.29 is 27.5 Å². The molecule has 7 nitrogen and oxygen atoms in total. The maximum atomic E-state index is 13.7. The van der Waals surface area contributed by atoms with Gasteiger partial charge in [0, 0.05) is 45.1 Å². The van der Waals surface area contributed by atoms with E-state index in [2.05, 4.69) is 15.6 Å². The van der Waals surface area contributed by atoms with E-state index in [1.54, 1.807) is 12.0 Å². The van der Waals surface area contributed by atoms with Gasteiger partial charge in [0.15, 0.2) is 0 Å². The molecule has 3 heterocycles. The lowest BCUT2D eigenvalue weighted by Crippen LogP contribution is -2.39. The molecule has 1 unspecified atom stereocenters. The highest BCUT2D eigenvalue weighted by Crippen LogP contribution is 2.40. The number of hydrogen-bond donors (Lipinski definition) is 2. The first-order chi connectivity index (χ1) is 15.1. The molecule has 32 heavy (non-hydrogen) atoms. The summed E-state index contributed by atoms with van der Waals surface area (Å²) >= 11 is 0.867. The zero-order chi connectivity index (χ0) is 23.5. The van der Waals surface area contributed by atoms with E-state index in [0.29, 0.717) is 39.0 Å². The zero-order valence-electron chi connectivity index (χ0n) is 18.2. The van der Waals surface area contributed by atoms with E-state index in [-0.39, 0.29) is 39.5 Å². The molecular formula is C21H27F3N4O3S. The highest BCUT2D eigenvalue weighted by atomic mass is 32.1. The van der Waals surface area contributed by atoms with E-state index in [4.69, 9.17) is 4.74 Å². The fourth-order valence-electron chi connectivity index (χ4n) is 3.92. The summed E-state index contributed by atoms with van der Waals surface area (Å²) in [5.74, 6) is -0.179. The fourth-order valence-corrected chi connectivity index (χ4v) is 4.94. The highest BCUT2D eigenvalue weighted by Gasteiger charge is 2.36. The van der Waals surface area contributed by atoms with Gasteiger partial charge in [0.25, 0.3) is 5.91 Å². The third kappa shape index (κ3) is 5.50. The second-order valence-corrected chi connectivity index (χ2v) is 8.87. The zero-order valence-corrected chi connectivity index (χ0v) is 19.0. The molecule has 0 spiro atoms. The number of anilines is 1. The summed E-state index contributed by atoms with van der Waals surface area (Å²) in [6.07, 6.45) is -2.86. The number of pyridine rings is 1. The molecule has 1 saturated heterocycles. The Morgan fingerprint density at radius 2 is 2.03 bits per heavy atom. The van der Waals surface area contributed by atoms with Crippen molar-refractivity contribution in [1.82, 2.24) is 15.6 Å². The quantitative estimate of drug-likeness (QED) is 0.645. The maximum Gasteiger partial charge on any atom is 0.417 e. The molecule has 0 aromatic carbocycles. The normalized spacial score (nSPS) is 16.2. The van der Waals surface area contributed by atoms with Gasteiger partial charge in [-0.25, -0.2) is 4.98 Å². The maximum absolute atomic E-state index is 13.7. The summed E-state index contributed by atoms with van der Waals surface area (Å²) in [5, 5.41) is 6.74. The number of carbonyl (C=O) groups is 2. The molecule has 2 N–H and O–H groups in total. The Hall–Kier alpha value is -2.40. The number of rotatable bonds is 7. The van der Waals surface area contributed by atoms with Crippen molar-refractivity contribution >= 4 is 39.2 Å². The number of ether oxygens (including phenoxy) is 1. The summed E-state index contributed by atoms with van der Waals surface area (Å²) in [6.45, 7) is 3.27. The molecule has 2 aromatic heterocycles. The van der Waals surface area contributed by atoms with E-state index in [0.717, 1.165) is 17.4 Å². The van der Waals surface area contributed by atoms with E-state index in [1.165, 1.54) is 12.4 Å². The first-order valence-electron chi connectivity index (χ1n) is 10.4. The molecule has 1 aliphatic heterocycles.